The number of H-pyrrole nitrogens is 1. The Balaban J connectivity index is 1.34. The van der Waals surface area contributed by atoms with Gasteiger partial charge < -0.3 is 15.1 Å². The van der Waals surface area contributed by atoms with Crippen molar-refractivity contribution in [1.29, 1.82) is 0 Å². The molecule has 8 heteroatoms. The molecule has 0 radical (unpaired) electrons. The number of halogens is 1. The number of rotatable bonds is 4. The van der Waals surface area contributed by atoms with Crippen molar-refractivity contribution in [3.8, 4) is 22.7 Å². The molecule has 0 unspecified atom stereocenters. The van der Waals surface area contributed by atoms with Gasteiger partial charge in [-0.25, -0.2) is 9.78 Å². The predicted molar refractivity (Wildman–Crippen MR) is 121 cm³/mol. The van der Waals surface area contributed by atoms with E-state index in [2.05, 4.69) is 25.8 Å². The Hall–Kier alpha value is -4.10. The lowest BCUT2D eigenvalue weighted by atomic mass is 10.1. The fraction of sp³-hybridized carbons (Fsp3) is 0. The molecule has 5 rings (SSSR count). The van der Waals surface area contributed by atoms with E-state index in [4.69, 9.17) is 16.0 Å². The van der Waals surface area contributed by atoms with E-state index in [1.165, 1.54) is 0 Å². The highest BCUT2D eigenvalue weighted by molar-refractivity contribution is 6.30. The van der Waals surface area contributed by atoms with Gasteiger partial charge in [0.2, 0.25) is 5.89 Å². The van der Waals surface area contributed by atoms with Crippen molar-refractivity contribution in [1.82, 2.24) is 15.2 Å². The molecular formula is C23H16ClN5O2. The van der Waals surface area contributed by atoms with E-state index in [1.54, 1.807) is 30.5 Å². The molecule has 152 valence electrons. The molecule has 3 aromatic carbocycles. The van der Waals surface area contributed by atoms with Gasteiger partial charge in [0.05, 0.1) is 17.5 Å². The van der Waals surface area contributed by atoms with Crippen LogP contribution >= 0.6 is 11.6 Å². The van der Waals surface area contributed by atoms with Crippen LogP contribution in [-0.2, 0) is 0 Å². The number of amides is 2. The number of aromatic amines is 1. The highest BCUT2D eigenvalue weighted by atomic mass is 35.5. The van der Waals surface area contributed by atoms with Gasteiger partial charge in [-0.05, 0) is 42.5 Å². The van der Waals surface area contributed by atoms with Crippen molar-refractivity contribution < 1.29 is 9.21 Å². The number of fused-ring (bicyclic) bond motifs is 1. The maximum atomic E-state index is 12.2. The third-order valence-corrected chi connectivity index (χ3v) is 4.91. The van der Waals surface area contributed by atoms with Crippen LogP contribution < -0.4 is 10.6 Å². The lowest BCUT2D eigenvalue weighted by molar-refractivity contribution is 0.262. The zero-order valence-electron chi connectivity index (χ0n) is 16.1. The van der Waals surface area contributed by atoms with Gasteiger partial charge in [-0.15, -0.1) is 0 Å². The average Bonchev–Trinajstić information content (AvgIpc) is 3.41. The van der Waals surface area contributed by atoms with E-state index in [-0.39, 0.29) is 6.03 Å². The summed E-state index contributed by atoms with van der Waals surface area (Å²) in [7, 11) is 0. The first kappa shape index (κ1) is 18.9. The summed E-state index contributed by atoms with van der Waals surface area (Å²) in [4.78, 5) is 16.8. The van der Waals surface area contributed by atoms with E-state index >= 15 is 0 Å². The van der Waals surface area contributed by atoms with Crippen LogP contribution in [-0.4, -0.2) is 21.2 Å². The number of nitrogens with zero attached hydrogens (tertiary/aromatic N) is 2. The van der Waals surface area contributed by atoms with Gasteiger partial charge in [-0.2, -0.15) is 5.10 Å². The van der Waals surface area contributed by atoms with Gasteiger partial charge >= 0.3 is 6.03 Å². The summed E-state index contributed by atoms with van der Waals surface area (Å²) in [5.74, 6) is 0.494. The molecule has 2 aromatic heterocycles. The molecule has 0 aliphatic heterocycles. The molecule has 0 aliphatic carbocycles. The second kappa shape index (κ2) is 7.97. The van der Waals surface area contributed by atoms with Crippen LogP contribution in [0.1, 0.15) is 0 Å². The standard InChI is InChI=1S/C23H16ClN5O2/c24-15-4-3-5-17(12-15)27-23(30)26-16-10-8-14(9-11-16)21-18(13-25-29-21)22-28-19-6-1-2-7-20(19)31-22/h1-13H,(H,25,29)(H2,26,27,30). The van der Waals surface area contributed by atoms with Gasteiger partial charge in [0.15, 0.2) is 5.58 Å². The van der Waals surface area contributed by atoms with Crippen molar-refractivity contribution in [2.45, 2.75) is 0 Å². The monoisotopic (exact) mass is 429 g/mol. The summed E-state index contributed by atoms with van der Waals surface area (Å²) >= 11 is 5.94. The molecular weight excluding hydrogens is 414 g/mol. The second-order valence-electron chi connectivity index (χ2n) is 6.81. The minimum absolute atomic E-state index is 0.358. The highest BCUT2D eigenvalue weighted by Gasteiger charge is 2.16. The van der Waals surface area contributed by atoms with Gasteiger partial charge in [0, 0.05) is 22.0 Å². The van der Waals surface area contributed by atoms with Crippen LogP contribution in [0, 0.1) is 0 Å². The number of nitrogens with one attached hydrogen (secondary N) is 3. The van der Waals surface area contributed by atoms with Crippen molar-refractivity contribution in [3.63, 3.8) is 0 Å². The Labute approximate surface area is 182 Å². The maximum Gasteiger partial charge on any atom is 0.323 e. The smallest absolute Gasteiger partial charge is 0.323 e. The van der Waals surface area contributed by atoms with Crippen molar-refractivity contribution in [3.05, 3.63) is 84.0 Å². The number of carbonyl (C=O) groups excluding carboxylic acids is 1. The Morgan fingerprint density at radius 2 is 1.74 bits per heavy atom. The quantitative estimate of drug-likeness (QED) is 0.317. The molecule has 0 saturated heterocycles. The third-order valence-electron chi connectivity index (χ3n) is 4.68. The van der Waals surface area contributed by atoms with E-state index < -0.39 is 0 Å². The van der Waals surface area contributed by atoms with E-state index in [1.807, 2.05) is 48.5 Å². The zero-order valence-corrected chi connectivity index (χ0v) is 16.9. The van der Waals surface area contributed by atoms with E-state index in [9.17, 15) is 4.79 Å². The number of aromatic nitrogens is 3. The largest absolute Gasteiger partial charge is 0.436 e. The zero-order chi connectivity index (χ0) is 21.2. The molecule has 0 saturated carbocycles. The van der Waals surface area contributed by atoms with Gasteiger partial charge in [0.25, 0.3) is 0 Å². The Kier molecular flexibility index (Phi) is 4.86. The Morgan fingerprint density at radius 3 is 2.55 bits per heavy atom. The van der Waals surface area contributed by atoms with Gasteiger partial charge in [0.1, 0.15) is 5.52 Å². The van der Waals surface area contributed by atoms with Crippen molar-refractivity contribution >= 4 is 40.1 Å². The molecule has 0 fully saturated rings. The molecule has 0 bridgehead atoms. The maximum absolute atomic E-state index is 12.2. The number of oxazole rings is 1. The predicted octanol–water partition coefficient (Wildman–Crippen LogP) is 6.18. The van der Waals surface area contributed by atoms with Crippen molar-refractivity contribution in [2.75, 3.05) is 10.6 Å². The summed E-state index contributed by atoms with van der Waals surface area (Å²) < 4.78 is 5.87. The summed E-state index contributed by atoms with van der Waals surface area (Å²) in [5, 5.41) is 13.2. The number of para-hydroxylation sites is 2. The van der Waals surface area contributed by atoms with Gasteiger partial charge in [-0.3, -0.25) is 5.10 Å². The molecule has 0 spiro atoms. The van der Waals surface area contributed by atoms with Gasteiger partial charge in [-0.1, -0.05) is 41.9 Å². The summed E-state index contributed by atoms with van der Waals surface area (Å²) in [6, 6.07) is 21.6. The lowest BCUT2D eigenvalue weighted by Gasteiger charge is -2.08. The third kappa shape index (κ3) is 3.99. The van der Waals surface area contributed by atoms with E-state index in [0.717, 1.165) is 27.9 Å². The van der Waals surface area contributed by atoms with Crippen LogP contribution in [0.2, 0.25) is 5.02 Å². The Morgan fingerprint density at radius 1 is 0.935 bits per heavy atom. The molecule has 0 atom stereocenters. The summed E-state index contributed by atoms with van der Waals surface area (Å²) in [6.07, 6.45) is 1.69. The molecule has 0 aliphatic rings. The molecule has 2 heterocycles. The molecule has 7 nitrogen and oxygen atoms in total. The first-order valence-corrected chi connectivity index (χ1v) is 9.87. The summed E-state index contributed by atoms with van der Waals surface area (Å²) in [5.41, 5.74) is 5.19. The van der Waals surface area contributed by atoms with Crippen LogP contribution in [0.4, 0.5) is 16.2 Å². The van der Waals surface area contributed by atoms with E-state index in [0.29, 0.717) is 22.3 Å². The number of urea groups is 1. The first-order chi connectivity index (χ1) is 15.2. The minimum Gasteiger partial charge on any atom is -0.436 e. The normalized spacial score (nSPS) is 10.9. The Bertz CT molecular complexity index is 1340. The number of hydrogen-bond donors (Lipinski definition) is 3. The SMILES string of the molecule is O=C(Nc1ccc(-c2[nH]ncc2-c2nc3ccccc3o2)cc1)Nc1cccc(Cl)c1. The van der Waals surface area contributed by atoms with Crippen LogP contribution in [0.3, 0.4) is 0 Å². The molecule has 31 heavy (non-hydrogen) atoms. The molecule has 3 N–H and O–H groups in total. The first-order valence-electron chi connectivity index (χ1n) is 9.49. The van der Waals surface area contributed by atoms with Crippen LogP contribution in [0.25, 0.3) is 33.8 Å². The second-order valence-corrected chi connectivity index (χ2v) is 7.25. The van der Waals surface area contributed by atoms with Crippen LogP contribution in [0.5, 0.6) is 0 Å². The number of hydrogen-bond acceptors (Lipinski definition) is 4. The fourth-order valence-corrected chi connectivity index (χ4v) is 3.43. The number of benzene rings is 3. The number of anilines is 2. The molecule has 2 amide bonds. The number of carbonyl (C=O) groups is 1. The summed E-state index contributed by atoms with van der Waals surface area (Å²) in [6.45, 7) is 0. The topological polar surface area (TPSA) is 95.8 Å². The lowest BCUT2D eigenvalue weighted by Crippen LogP contribution is -2.19. The molecule has 5 aromatic rings. The van der Waals surface area contributed by atoms with Crippen LogP contribution in [0.15, 0.2) is 83.4 Å². The minimum atomic E-state index is -0.358. The fourth-order valence-electron chi connectivity index (χ4n) is 3.24. The van der Waals surface area contributed by atoms with Crippen molar-refractivity contribution in [2.24, 2.45) is 0 Å². The average molecular weight is 430 g/mol. The highest BCUT2D eigenvalue weighted by Crippen LogP contribution is 2.32.